The first-order valence-corrected chi connectivity index (χ1v) is 4.62. The Morgan fingerprint density at radius 3 is 2.93 bits per heavy atom. The first-order valence-electron chi connectivity index (χ1n) is 4.62. The van der Waals surface area contributed by atoms with Gasteiger partial charge in [-0.25, -0.2) is 0 Å². The molecule has 0 unspecified atom stereocenters. The van der Waals surface area contributed by atoms with Crippen LogP contribution in [-0.4, -0.2) is 10.9 Å². The number of oxime groups is 1. The molecule has 0 atom stereocenters. The summed E-state index contributed by atoms with van der Waals surface area (Å²) in [5, 5.41) is 13.2. The van der Waals surface area contributed by atoms with Crippen LogP contribution >= 0.6 is 0 Å². The van der Waals surface area contributed by atoms with Crippen LogP contribution in [0, 0.1) is 0 Å². The first kappa shape index (κ1) is 7.62. The summed E-state index contributed by atoms with van der Waals surface area (Å²) in [5.74, 6) is 0.944. The van der Waals surface area contributed by atoms with E-state index in [1.165, 1.54) is 0 Å². The highest BCUT2D eigenvalue weighted by Crippen LogP contribution is 2.32. The number of aryl methyl sites for hydroxylation is 1. The van der Waals surface area contributed by atoms with Gasteiger partial charge in [-0.2, -0.15) is 0 Å². The monoisotopic (exact) mass is 187 g/mol. The number of fused-ring (bicyclic) bond motifs is 3. The van der Waals surface area contributed by atoms with Gasteiger partial charge >= 0.3 is 0 Å². The SMILES string of the molecule is O/N=C1\CCc2oc3ccccc3c21. The van der Waals surface area contributed by atoms with Crippen molar-refractivity contribution in [3.8, 4) is 0 Å². The van der Waals surface area contributed by atoms with E-state index >= 15 is 0 Å². The molecule has 1 aliphatic rings. The van der Waals surface area contributed by atoms with E-state index in [2.05, 4.69) is 5.16 Å². The lowest BCUT2D eigenvalue weighted by molar-refractivity contribution is 0.318. The van der Waals surface area contributed by atoms with E-state index in [-0.39, 0.29) is 0 Å². The smallest absolute Gasteiger partial charge is 0.134 e. The van der Waals surface area contributed by atoms with Gasteiger partial charge in [0, 0.05) is 23.8 Å². The molecule has 0 saturated carbocycles. The van der Waals surface area contributed by atoms with Crippen molar-refractivity contribution in [2.45, 2.75) is 12.8 Å². The van der Waals surface area contributed by atoms with E-state index in [0.717, 1.165) is 40.8 Å². The summed E-state index contributed by atoms with van der Waals surface area (Å²) in [6, 6.07) is 7.83. The number of rotatable bonds is 0. The number of benzene rings is 1. The lowest BCUT2D eigenvalue weighted by Crippen LogP contribution is -1.92. The molecule has 0 aliphatic heterocycles. The van der Waals surface area contributed by atoms with E-state index in [0.29, 0.717) is 0 Å². The zero-order valence-electron chi connectivity index (χ0n) is 7.53. The van der Waals surface area contributed by atoms with Gasteiger partial charge in [0.15, 0.2) is 0 Å². The van der Waals surface area contributed by atoms with Crippen molar-refractivity contribution in [1.29, 1.82) is 0 Å². The molecule has 1 heterocycles. The molecule has 1 aromatic carbocycles. The Morgan fingerprint density at radius 2 is 2.07 bits per heavy atom. The quantitative estimate of drug-likeness (QED) is 0.509. The second kappa shape index (κ2) is 2.61. The predicted octanol–water partition coefficient (Wildman–Crippen LogP) is 2.56. The number of para-hydroxylation sites is 1. The Labute approximate surface area is 80.6 Å². The third-order valence-electron chi connectivity index (χ3n) is 2.67. The maximum Gasteiger partial charge on any atom is 0.134 e. The fraction of sp³-hybridized carbons (Fsp3) is 0.182. The minimum atomic E-state index is 0.741. The third-order valence-corrected chi connectivity index (χ3v) is 2.67. The van der Waals surface area contributed by atoms with Gasteiger partial charge < -0.3 is 9.62 Å². The minimum Gasteiger partial charge on any atom is -0.460 e. The maximum atomic E-state index is 8.84. The van der Waals surface area contributed by atoms with Crippen LogP contribution in [0.25, 0.3) is 11.0 Å². The standard InChI is InChI=1S/C11H9NO2/c13-12-8-5-6-10-11(8)7-3-1-2-4-9(7)14-10/h1-4,13H,5-6H2/b12-8+. The van der Waals surface area contributed by atoms with Crippen LogP contribution in [0.3, 0.4) is 0 Å². The molecule has 1 aliphatic carbocycles. The summed E-state index contributed by atoms with van der Waals surface area (Å²) in [5.41, 5.74) is 2.60. The van der Waals surface area contributed by atoms with Crippen LogP contribution in [0.15, 0.2) is 33.8 Å². The van der Waals surface area contributed by atoms with Gasteiger partial charge in [0.25, 0.3) is 0 Å². The highest BCUT2D eigenvalue weighted by molar-refractivity contribution is 6.13. The second-order valence-electron chi connectivity index (χ2n) is 3.44. The number of hydrogen-bond donors (Lipinski definition) is 1. The van der Waals surface area contributed by atoms with E-state index in [9.17, 15) is 0 Å². The summed E-state index contributed by atoms with van der Waals surface area (Å²) in [4.78, 5) is 0. The Balaban J connectivity index is 2.40. The minimum absolute atomic E-state index is 0.741. The van der Waals surface area contributed by atoms with E-state index in [1.807, 2.05) is 24.3 Å². The molecule has 0 radical (unpaired) electrons. The number of nitrogens with zero attached hydrogens (tertiary/aromatic N) is 1. The molecule has 3 heteroatoms. The molecule has 3 rings (SSSR count). The molecule has 70 valence electrons. The van der Waals surface area contributed by atoms with Crippen LogP contribution in [0.5, 0.6) is 0 Å². The lowest BCUT2D eigenvalue weighted by Gasteiger charge is -1.92. The predicted molar refractivity (Wildman–Crippen MR) is 52.9 cm³/mol. The number of hydrogen-bond acceptors (Lipinski definition) is 3. The largest absolute Gasteiger partial charge is 0.460 e. The molecule has 0 saturated heterocycles. The summed E-state index contributed by atoms with van der Waals surface area (Å²) in [6.07, 6.45) is 1.61. The molecule has 0 bridgehead atoms. The fourth-order valence-electron chi connectivity index (χ4n) is 2.05. The highest BCUT2D eigenvalue weighted by Gasteiger charge is 2.25. The zero-order chi connectivity index (χ0) is 9.54. The average Bonchev–Trinajstić information content (AvgIpc) is 2.75. The van der Waals surface area contributed by atoms with Crippen molar-refractivity contribution in [3.63, 3.8) is 0 Å². The van der Waals surface area contributed by atoms with Gasteiger partial charge in [-0.1, -0.05) is 23.4 Å². The molecule has 1 N–H and O–H groups in total. The fourth-order valence-corrected chi connectivity index (χ4v) is 2.05. The molecule has 2 aromatic rings. The molecule has 0 fully saturated rings. The van der Waals surface area contributed by atoms with Crippen molar-refractivity contribution in [3.05, 3.63) is 35.6 Å². The van der Waals surface area contributed by atoms with Crippen LogP contribution in [0.2, 0.25) is 0 Å². The van der Waals surface area contributed by atoms with E-state index in [4.69, 9.17) is 9.62 Å². The Bertz CT molecular complexity index is 525. The average molecular weight is 187 g/mol. The summed E-state index contributed by atoms with van der Waals surface area (Å²) in [7, 11) is 0. The van der Waals surface area contributed by atoms with Gasteiger partial charge in [0.05, 0.1) is 5.71 Å². The third kappa shape index (κ3) is 0.839. The molecule has 0 spiro atoms. The zero-order valence-corrected chi connectivity index (χ0v) is 7.53. The van der Waals surface area contributed by atoms with Crippen LogP contribution in [0.4, 0.5) is 0 Å². The Hall–Kier alpha value is -1.77. The maximum absolute atomic E-state index is 8.84. The van der Waals surface area contributed by atoms with Crippen LogP contribution < -0.4 is 0 Å². The second-order valence-corrected chi connectivity index (χ2v) is 3.44. The summed E-state index contributed by atoms with van der Waals surface area (Å²) >= 11 is 0. The topological polar surface area (TPSA) is 45.7 Å². The Kier molecular flexibility index (Phi) is 1.42. The van der Waals surface area contributed by atoms with E-state index in [1.54, 1.807) is 0 Å². The van der Waals surface area contributed by atoms with Crippen molar-refractivity contribution in [1.82, 2.24) is 0 Å². The van der Waals surface area contributed by atoms with Gasteiger partial charge in [-0.05, 0) is 6.07 Å². The van der Waals surface area contributed by atoms with Crippen molar-refractivity contribution < 1.29 is 9.62 Å². The molecular weight excluding hydrogens is 178 g/mol. The van der Waals surface area contributed by atoms with Crippen molar-refractivity contribution in [2.75, 3.05) is 0 Å². The van der Waals surface area contributed by atoms with Crippen molar-refractivity contribution >= 4 is 16.7 Å². The lowest BCUT2D eigenvalue weighted by atomic mass is 10.1. The molecule has 0 amide bonds. The summed E-state index contributed by atoms with van der Waals surface area (Å²) in [6.45, 7) is 0. The van der Waals surface area contributed by atoms with Gasteiger partial charge in [-0.15, -0.1) is 0 Å². The molecular formula is C11H9NO2. The molecule has 1 aromatic heterocycles. The number of furan rings is 1. The first-order chi connectivity index (χ1) is 6.90. The highest BCUT2D eigenvalue weighted by atomic mass is 16.4. The Morgan fingerprint density at radius 1 is 1.21 bits per heavy atom. The van der Waals surface area contributed by atoms with Crippen molar-refractivity contribution in [2.24, 2.45) is 5.16 Å². The molecule has 3 nitrogen and oxygen atoms in total. The van der Waals surface area contributed by atoms with Gasteiger partial charge in [-0.3, -0.25) is 0 Å². The molecule has 14 heavy (non-hydrogen) atoms. The van der Waals surface area contributed by atoms with Gasteiger partial charge in [0.1, 0.15) is 11.3 Å². The summed E-state index contributed by atoms with van der Waals surface area (Å²) < 4.78 is 5.65. The van der Waals surface area contributed by atoms with Crippen LogP contribution in [-0.2, 0) is 6.42 Å². The normalized spacial score (nSPS) is 17.9. The van der Waals surface area contributed by atoms with Crippen LogP contribution in [0.1, 0.15) is 17.7 Å². The van der Waals surface area contributed by atoms with Gasteiger partial charge in [0.2, 0.25) is 0 Å². The van der Waals surface area contributed by atoms with E-state index < -0.39 is 0 Å².